The lowest BCUT2D eigenvalue weighted by Crippen LogP contribution is -2.49. The Balaban J connectivity index is 2.79. The Kier molecular flexibility index (Phi) is 6.27. The topological polar surface area (TPSA) is 35.6 Å². The first kappa shape index (κ1) is 16.4. The van der Waals surface area contributed by atoms with E-state index < -0.39 is 0 Å². The van der Waals surface area contributed by atoms with Gasteiger partial charge < -0.3 is 9.80 Å². The normalized spacial score (nSPS) is 22.1. The largest absolute Gasteiger partial charge is 0.322 e. The highest BCUT2D eigenvalue weighted by atomic mass is 16.2. The Hall–Kier alpha value is -0.610. The van der Waals surface area contributed by atoms with Crippen LogP contribution in [-0.4, -0.2) is 55.1 Å². The number of amides is 1. The molecule has 2 atom stereocenters. The molecule has 0 aromatic carbocycles. The van der Waals surface area contributed by atoms with Gasteiger partial charge in [0.25, 0.3) is 0 Å². The summed E-state index contributed by atoms with van der Waals surface area (Å²) in [6, 6.07) is 0.321. The molecule has 0 spiro atoms. The Morgan fingerprint density at radius 3 is 2.37 bits per heavy atom. The summed E-state index contributed by atoms with van der Waals surface area (Å²) in [4.78, 5) is 16.5. The summed E-state index contributed by atoms with van der Waals surface area (Å²) in [5, 5.41) is 3.37. The van der Waals surface area contributed by atoms with E-state index >= 15 is 0 Å². The van der Waals surface area contributed by atoms with Crippen LogP contribution >= 0.6 is 0 Å². The maximum Gasteiger partial charge on any atom is 0.238 e. The summed E-state index contributed by atoms with van der Waals surface area (Å²) in [7, 11) is 4.16. The summed E-state index contributed by atoms with van der Waals surface area (Å²) in [6.07, 6.45) is 2.32. The molecule has 0 aromatic heterocycles. The van der Waals surface area contributed by atoms with E-state index in [0.717, 1.165) is 19.4 Å². The molecule has 112 valence electrons. The Bertz CT molecular complexity index is 279. The number of likely N-dealkylation sites (N-methyl/N-ethyl adjacent to an activating group) is 1. The van der Waals surface area contributed by atoms with Crippen molar-refractivity contribution >= 4 is 5.91 Å². The average molecular weight is 269 g/mol. The van der Waals surface area contributed by atoms with Gasteiger partial charge in [-0.1, -0.05) is 27.7 Å². The highest BCUT2D eigenvalue weighted by Gasteiger charge is 2.36. The van der Waals surface area contributed by atoms with Crippen molar-refractivity contribution in [2.45, 2.75) is 52.7 Å². The van der Waals surface area contributed by atoms with Gasteiger partial charge in [-0.3, -0.25) is 10.1 Å². The van der Waals surface area contributed by atoms with Crippen molar-refractivity contribution in [2.24, 2.45) is 11.8 Å². The summed E-state index contributed by atoms with van der Waals surface area (Å²) < 4.78 is 0. The lowest BCUT2D eigenvalue weighted by atomic mass is 10.00. The molecule has 4 heteroatoms. The third-order valence-electron chi connectivity index (χ3n) is 3.52. The second-order valence-corrected chi connectivity index (χ2v) is 6.87. The van der Waals surface area contributed by atoms with Crippen LogP contribution in [0.2, 0.25) is 0 Å². The molecule has 1 heterocycles. The minimum Gasteiger partial charge on any atom is -0.322 e. The summed E-state index contributed by atoms with van der Waals surface area (Å²) >= 11 is 0. The monoisotopic (exact) mass is 269 g/mol. The fourth-order valence-electron chi connectivity index (χ4n) is 2.91. The van der Waals surface area contributed by atoms with Crippen LogP contribution in [0.1, 0.15) is 40.5 Å². The van der Waals surface area contributed by atoms with Gasteiger partial charge in [-0.15, -0.1) is 0 Å². The highest BCUT2D eigenvalue weighted by Crippen LogP contribution is 2.21. The molecule has 1 fully saturated rings. The Labute approximate surface area is 118 Å². The summed E-state index contributed by atoms with van der Waals surface area (Å²) in [5.41, 5.74) is 0. The lowest BCUT2D eigenvalue weighted by molar-refractivity contribution is -0.131. The van der Waals surface area contributed by atoms with Gasteiger partial charge in [0.05, 0.1) is 12.7 Å². The maximum atomic E-state index is 12.2. The zero-order valence-corrected chi connectivity index (χ0v) is 13.4. The average Bonchev–Trinajstić information content (AvgIpc) is 2.56. The molecule has 0 aliphatic carbocycles. The number of nitrogens with zero attached hydrogens (tertiary/aromatic N) is 2. The zero-order valence-electron chi connectivity index (χ0n) is 13.4. The van der Waals surface area contributed by atoms with Gasteiger partial charge >= 0.3 is 0 Å². The molecular formula is C15H31N3O. The zero-order chi connectivity index (χ0) is 14.6. The van der Waals surface area contributed by atoms with Crippen molar-refractivity contribution in [1.29, 1.82) is 0 Å². The van der Waals surface area contributed by atoms with Crippen molar-refractivity contribution in [2.75, 3.05) is 27.2 Å². The van der Waals surface area contributed by atoms with E-state index in [9.17, 15) is 4.79 Å². The van der Waals surface area contributed by atoms with Gasteiger partial charge in [-0.05, 0) is 38.8 Å². The van der Waals surface area contributed by atoms with Crippen molar-refractivity contribution in [3.8, 4) is 0 Å². The lowest BCUT2D eigenvalue weighted by Gasteiger charge is -2.36. The molecule has 1 aliphatic heterocycles. The number of rotatable bonds is 7. The van der Waals surface area contributed by atoms with Crippen LogP contribution in [0.5, 0.6) is 0 Å². The highest BCUT2D eigenvalue weighted by molar-refractivity contribution is 5.81. The van der Waals surface area contributed by atoms with E-state index in [2.05, 4.69) is 56.9 Å². The second kappa shape index (κ2) is 7.25. The van der Waals surface area contributed by atoms with Crippen molar-refractivity contribution < 1.29 is 4.79 Å². The first-order chi connectivity index (χ1) is 8.81. The predicted molar refractivity (Wildman–Crippen MR) is 79.9 cm³/mol. The molecule has 2 unspecified atom stereocenters. The first-order valence-corrected chi connectivity index (χ1v) is 7.50. The van der Waals surface area contributed by atoms with E-state index in [0.29, 0.717) is 24.4 Å². The molecule has 4 nitrogen and oxygen atoms in total. The minimum atomic E-state index is 0.219. The fourth-order valence-corrected chi connectivity index (χ4v) is 2.91. The van der Waals surface area contributed by atoms with E-state index in [-0.39, 0.29) is 12.1 Å². The predicted octanol–water partition coefficient (Wildman–Crippen LogP) is 1.77. The molecule has 1 rings (SSSR count). The summed E-state index contributed by atoms with van der Waals surface area (Å²) in [5.74, 6) is 1.47. The molecule has 0 saturated carbocycles. The molecule has 19 heavy (non-hydrogen) atoms. The quantitative estimate of drug-likeness (QED) is 0.765. The van der Waals surface area contributed by atoms with Crippen LogP contribution in [0.25, 0.3) is 0 Å². The minimum absolute atomic E-state index is 0.219. The Morgan fingerprint density at radius 2 is 1.89 bits per heavy atom. The number of hydrogen-bond donors (Lipinski definition) is 1. The van der Waals surface area contributed by atoms with Crippen LogP contribution in [-0.2, 0) is 4.79 Å². The number of carbonyl (C=O) groups is 1. The molecule has 1 N–H and O–H groups in total. The van der Waals surface area contributed by atoms with Gasteiger partial charge in [-0.2, -0.15) is 0 Å². The number of nitrogens with one attached hydrogen (secondary N) is 1. The van der Waals surface area contributed by atoms with Crippen molar-refractivity contribution in [3.05, 3.63) is 0 Å². The van der Waals surface area contributed by atoms with Crippen molar-refractivity contribution in [1.82, 2.24) is 15.1 Å². The molecule has 1 saturated heterocycles. The fraction of sp³-hybridized carbons (Fsp3) is 0.933. The van der Waals surface area contributed by atoms with Gasteiger partial charge in [0, 0.05) is 12.6 Å². The Morgan fingerprint density at radius 1 is 1.26 bits per heavy atom. The van der Waals surface area contributed by atoms with Crippen LogP contribution < -0.4 is 5.32 Å². The third-order valence-corrected chi connectivity index (χ3v) is 3.52. The van der Waals surface area contributed by atoms with Gasteiger partial charge in [0.1, 0.15) is 0 Å². The molecule has 0 aromatic rings. The standard InChI is InChI=1S/C15H31N3O/c1-11(2)7-13(10-17(5)6)18-14(8-12(3)4)16-9-15(18)19/h11-14,16H,7-10H2,1-6H3. The van der Waals surface area contributed by atoms with Crippen LogP contribution in [0.15, 0.2) is 0 Å². The van der Waals surface area contributed by atoms with Crippen molar-refractivity contribution in [3.63, 3.8) is 0 Å². The van der Waals surface area contributed by atoms with Gasteiger partial charge in [0.2, 0.25) is 5.91 Å². The second-order valence-electron chi connectivity index (χ2n) is 6.87. The number of hydrogen-bond acceptors (Lipinski definition) is 3. The molecule has 0 radical (unpaired) electrons. The van der Waals surface area contributed by atoms with E-state index in [1.807, 2.05) is 0 Å². The van der Waals surface area contributed by atoms with Gasteiger partial charge in [0.15, 0.2) is 0 Å². The maximum absolute atomic E-state index is 12.2. The third kappa shape index (κ3) is 5.11. The molecule has 1 amide bonds. The smallest absolute Gasteiger partial charge is 0.238 e. The first-order valence-electron chi connectivity index (χ1n) is 7.50. The molecule has 0 bridgehead atoms. The van der Waals surface area contributed by atoms with Crippen LogP contribution in [0, 0.1) is 11.8 Å². The molecule has 1 aliphatic rings. The van der Waals surface area contributed by atoms with Crippen LogP contribution in [0.3, 0.4) is 0 Å². The van der Waals surface area contributed by atoms with Crippen LogP contribution in [0.4, 0.5) is 0 Å². The van der Waals surface area contributed by atoms with Gasteiger partial charge in [-0.25, -0.2) is 0 Å². The van der Waals surface area contributed by atoms with E-state index in [1.54, 1.807) is 0 Å². The number of carbonyl (C=O) groups excluding carboxylic acids is 1. The van der Waals surface area contributed by atoms with E-state index in [1.165, 1.54) is 0 Å². The SMILES string of the molecule is CC(C)CC(CN(C)C)N1C(=O)CNC1CC(C)C. The summed E-state index contributed by atoms with van der Waals surface area (Å²) in [6.45, 7) is 10.3. The van der Waals surface area contributed by atoms with E-state index in [4.69, 9.17) is 0 Å². The molecular weight excluding hydrogens is 238 g/mol.